The molecule has 0 bridgehead atoms. The molecule has 0 nitrogen and oxygen atoms in total. The average molecular weight is 211 g/mol. The molecule has 0 heterocycles. The third kappa shape index (κ3) is 6.37. The molecule has 0 radical (unpaired) electrons. The van der Waals surface area contributed by atoms with Crippen LogP contribution in [0.3, 0.4) is 0 Å². The lowest BCUT2D eigenvalue weighted by molar-refractivity contribution is 0.622. The molecule has 0 aromatic carbocycles. The van der Waals surface area contributed by atoms with Gasteiger partial charge in [0.15, 0.2) is 0 Å². The van der Waals surface area contributed by atoms with Gasteiger partial charge in [-0.2, -0.15) is 0 Å². The molecular formula is C10H22F2P+. The molecule has 0 aliphatic rings. The van der Waals surface area contributed by atoms with Gasteiger partial charge in [0.05, 0.1) is 0 Å². The van der Waals surface area contributed by atoms with Gasteiger partial charge in [-0.1, -0.05) is 26.2 Å². The van der Waals surface area contributed by atoms with Crippen LogP contribution >= 0.6 is 7.88 Å². The summed E-state index contributed by atoms with van der Waals surface area (Å²) < 4.78 is 26.3. The number of unbranched alkanes of at least 4 members (excludes halogenated alkanes) is 4. The van der Waals surface area contributed by atoms with Crippen molar-refractivity contribution in [2.75, 3.05) is 6.16 Å². The molecule has 0 unspecified atom stereocenters. The van der Waals surface area contributed by atoms with Crippen molar-refractivity contribution in [1.29, 1.82) is 0 Å². The van der Waals surface area contributed by atoms with Gasteiger partial charge >= 0.3 is 7.88 Å². The molecule has 0 aromatic heterocycles. The first kappa shape index (κ1) is 13.3. The molecule has 80 valence electrons. The Labute approximate surface area is 81.7 Å². The number of halogens is 2. The molecule has 0 spiro atoms. The predicted octanol–water partition coefficient (Wildman–Crippen LogP) is 5.15. The molecule has 0 aliphatic carbocycles. The minimum absolute atomic E-state index is 0.175. The zero-order chi connectivity index (χ0) is 10.3. The second-order valence-corrected chi connectivity index (χ2v) is 6.75. The molecule has 0 amide bonds. The third-order valence-corrected chi connectivity index (χ3v) is 4.74. The number of hydrogen-bond donors (Lipinski definition) is 0. The molecule has 0 rings (SSSR count). The van der Waals surface area contributed by atoms with Crippen molar-refractivity contribution in [3.8, 4) is 0 Å². The van der Waals surface area contributed by atoms with Crippen LogP contribution in [-0.2, 0) is 0 Å². The molecule has 0 saturated carbocycles. The Kier molecular flexibility index (Phi) is 6.85. The normalized spacial score (nSPS) is 12.5. The highest BCUT2D eigenvalue weighted by Crippen LogP contribution is 2.66. The quantitative estimate of drug-likeness (QED) is 0.403. The molecule has 0 aliphatic heterocycles. The van der Waals surface area contributed by atoms with Crippen LogP contribution in [0.5, 0.6) is 0 Å². The first-order valence-electron chi connectivity index (χ1n) is 5.27. The van der Waals surface area contributed by atoms with Crippen LogP contribution in [0.2, 0.25) is 0 Å². The zero-order valence-electron chi connectivity index (χ0n) is 9.02. The maximum absolute atomic E-state index is 13.2. The summed E-state index contributed by atoms with van der Waals surface area (Å²) in [6.07, 6.45) is 5.36. The van der Waals surface area contributed by atoms with Gasteiger partial charge in [0, 0.05) is 0 Å². The van der Waals surface area contributed by atoms with Crippen LogP contribution in [-0.4, -0.2) is 11.8 Å². The fourth-order valence-electron chi connectivity index (χ4n) is 1.18. The molecular weight excluding hydrogens is 189 g/mol. The largest absolute Gasteiger partial charge is 0.389 e. The third-order valence-electron chi connectivity index (χ3n) is 2.32. The predicted molar refractivity (Wildman–Crippen MR) is 57.9 cm³/mol. The van der Waals surface area contributed by atoms with Gasteiger partial charge in [-0.25, -0.2) is 0 Å². The van der Waals surface area contributed by atoms with E-state index < -0.39 is 13.5 Å². The van der Waals surface area contributed by atoms with Gasteiger partial charge in [-0.15, -0.1) is 0 Å². The Bertz CT molecular complexity index is 124. The van der Waals surface area contributed by atoms with E-state index in [9.17, 15) is 8.39 Å². The van der Waals surface area contributed by atoms with E-state index in [2.05, 4.69) is 6.92 Å². The standard InChI is InChI=1S/C10H22F2P/c1-4-5-6-7-8-9-13(11,12)10(2)3/h10H,4-9H2,1-3H3/q+1. The van der Waals surface area contributed by atoms with Crippen molar-refractivity contribution in [3.05, 3.63) is 0 Å². The Balaban J connectivity index is 3.41. The second-order valence-electron chi connectivity index (χ2n) is 3.91. The maximum Gasteiger partial charge on any atom is 0.389 e. The lowest BCUT2D eigenvalue weighted by Gasteiger charge is -2.08. The van der Waals surface area contributed by atoms with E-state index in [4.69, 9.17) is 0 Å². The first-order chi connectivity index (χ1) is 6.00. The van der Waals surface area contributed by atoms with E-state index >= 15 is 0 Å². The SMILES string of the molecule is CCCCCCC[P+](F)(F)C(C)C. The van der Waals surface area contributed by atoms with Gasteiger partial charge in [0.25, 0.3) is 0 Å². The van der Waals surface area contributed by atoms with Gasteiger partial charge in [0.1, 0.15) is 11.8 Å². The lowest BCUT2D eigenvalue weighted by atomic mass is 10.2. The molecule has 0 N–H and O–H groups in total. The van der Waals surface area contributed by atoms with Crippen LogP contribution in [0, 0.1) is 0 Å². The topological polar surface area (TPSA) is 0 Å². The van der Waals surface area contributed by atoms with E-state index in [1.807, 2.05) is 0 Å². The molecule has 13 heavy (non-hydrogen) atoms. The summed E-state index contributed by atoms with van der Waals surface area (Å²) in [6, 6.07) is 0. The summed E-state index contributed by atoms with van der Waals surface area (Å²) in [5.74, 6) is 0. The maximum atomic E-state index is 13.2. The van der Waals surface area contributed by atoms with E-state index in [0.29, 0.717) is 0 Å². The Morgan fingerprint density at radius 1 is 1.00 bits per heavy atom. The van der Waals surface area contributed by atoms with Crippen molar-refractivity contribution in [2.45, 2.75) is 58.5 Å². The zero-order valence-corrected chi connectivity index (χ0v) is 9.92. The fraction of sp³-hybridized carbons (Fsp3) is 1.00. The summed E-state index contributed by atoms with van der Waals surface area (Å²) in [6.45, 7) is 5.41. The number of rotatable bonds is 7. The van der Waals surface area contributed by atoms with Crippen LogP contribution in [0.15, 0.2) is 0 Å². The fourth-order valence-corrected chi connectivity index (χ4v) is 2.35. The van der Waals surface area contributed by atoms with Crippen molar-refractivity contribution >= 4 is 7.88 Å². The highest BCUT2D eigenvalue weighted by Gasteiger charge is 2.44. The van der Waals surface area contributed by atoms with Crippen LogP contribution < -0.4 is 0 Å². The van der Waals surface area contributed by atoms with E-state index in [0.717, 1.165) is 19.3 Å². The highest BCUT2D eigenvalue weighted by molar-refractivity contribution is 7.66. The van der Waals surface area contributed by atoms with Crippen LogP contribution in [0.1, 0.15) is 52.9 Å². The van der Waals surface area contributed by atoms with E-state index in [1.54, 1.807) is 13.8 Å². The summed E-state index contributed by atoms with van der Waals surface area (Å²) in [7, 11) is -3.56. The summed E-state index contributed by atoms with van der Waals surface area (Å²) >= 11 is 0. The Morgan fingerprint density at radius 2 is 1.54 bits per heavy atom. The van der Waals surface area contributed by atoms with Crippen LogP contribution in [0.4, 0.5) is 8.39 Å². The Hall–Kier alpha value is 0.290. The highest BCUT2D eigenvalue weighted by atomic mass is 31.2. The van der Waals surface area contributed by atoms with Gasteiger partial charge in [-0.3, -0.25) is 0 Å². The summed E-state index contributed by atoms with van der Waals surface area (Å²) in [5, 5.41) is 0. The first-order valence-corrected chi connectivity index (χ1v) is 7.10. The summed E-state index contributed by atoms with van der Waals surface area (Å²) in [5.41, 5.74) is -0.404. The molecule has 0 saturated heterocycles. The summed E-state index contributed by atoms with van der Waals surface area (Å²) in [4.78, 5) is 0. The van der Waals surface area contributed by atoms with Gasteiger partial charge in [-0.05, 0) is 35.1 Å². The van der Waals surface area contributed by atoms with Crippen molar-refractivity contribution in [3.63, 3.8) is 0 Å². The van der Waals surface area contributed by atoms with Crippen molar-refractivity contribution < 1.29 is 8.39 Å². The van der Waals surface area contributed by atoms with Gasteiger partial charge in [0.2, 0.25) is 0 Å². The van der Waals surface area contributed by atoms with Crippen molar-refractivity contribution in [1.82, 2.24) is 0 Å². The second kappa shape index (κ2) is 6.70. The van der Waals surface area contributed by atoms with Gasteiger partial charge < -0.3 is 0 Å². The van der Waals surface area contributed by atoms with Crippen LogP contribution in [0.25, 0.3) is 0 Å². The monoisotopic (exact) mass is 211 g/mol. The lowest BCUT2D eigenvalue weighted by Crippen LogP contribution is -2.00. The molecule has 0 aromatic rings. The molecule has 3 heteroatoms. The smallest absolute Gasteiger partial charge is 0.0654 e. The Morgan fingerprint density at radius 3 is 2.00 bits per heavy atom. The molecule has 0 atom stereocenters. The van der Waals surface area contributed by atoms with E-state index in [1.165, 1.54) is 12.8 Å². The minimum Gasteiger partial charge on any atom is -0.0654 e. The van der Waals surface area contributed by atoms with E-state index in [-0.39, 0.29) is 6.16 Å². The average Bonchev–Trinajstić information content (AvgIpc) is 2.03. The number of hydrogen-bond acceptors (Lipinski definition) is 0. The van der Waals surface area contributed by atoms with Crippen molar-refractivity contribution in [2.24, 2.45) is 0 Å². The molecule has 0 fully saturated rings. The minimum atomic E-state index is -3.56.